The summed E-state index contributed by atoms with van der Waals surface area (Å²) in [6, 6.07) is 4.45. The van der Waals surface area contributed by atoms with Gasteiger partial charge in [-0.1, -0.05) is 6.07 Å². The van der Waals surface area contributed by atoms with Gasteiger partial charge in [-0.25, -0.2) is 4.79 Å². The highest BCUT2D eigenvalue weighted by Crippen LogP contribution is 2.31. The van der Waals surface area contributed by atoms with Crippen LogP contribution in [0.2, 0.25) is 0 Å². The number of alkyl halides is 3. The fourth-order valence-electron chi connectivity index (χ4n) is 1.40. The van der Waals surface area contributed by atoms with Gasteiger partial charge in [-0.3, -0.25) is 4.74 Å². The van der Waals surface area contributed by atoms with Crippen molar-refractivity contribution in [2.24, 2.45) is 0 Å². The van der Waals surface area contributed by atoms with Crippen LogP contribution in [0.15, 0.2) is 18.2 Å². The number of carbonyl (C=O) groups is 1. The minimum Gasteiger partial charge on any atom is -0.493 e. The molecule has 0 amide bonds. The molecule has 0 saturated carbocycles. The van der Waals surface area contributed by atoms with Gasteiger partial charge in [0.15, 0.2) is 11.5 Å². The number of carbonyl (C=O) groups excluding carboxylic acids is 1. The summed E-state index contributed by atoms with van der Waals surface area (Å²) in [5, 5.41) is 0. The predicted octanol–water partition coefficient (Wildman–Crippen LogP) is 2.40. The van der Waals surface area contributed by atoms with E-state index in [1.807, 2.05) is 0 Å². The number of esters is 1. The van der Waals surface area contributed by atoms with E-state index in [1.165, 1.54) is 32.4 Å². The summed E-state index contributed by atoms with van der Waals surface area (Å²) in [4.78, 5) is 11.5. The maximum atomic E-state index is 11.8. The molecule has 0 aliphatic rings. The van der Waals surface area contributed by atoms with E-state index in [-0.39, 0.29) is 17.1 Å². The maximum Gasteiger partial charge on any atom is 0.522 e. The van der Waals surface area contributed by atoms with Crippen LogP contribution in [0.25, 0.3) is 0 Å². The first kappa shape index (κ1) is 16.1. The summed E-state index contributed by atoms with van der Waals surface area (Å²) in [6.45, 7) is -1.11. The molecule has 0 N–H and O–H groups in total. The van der Waals surface area contributed by atoms with Crippen LogP contribution in [0.4, 0.5) is 13.2 Å². The number of methoxy groups -OCH3 is 2. The number of ether oxygens (including phenoxy) is 4. The molecule has 8 heteroatoms. The Morgan fingerprint density at radius 3 is 2.45 bits per heavy atom. The normalized spacial score (nSPS) is 11.1. The molecule has 0 radical (unpaired) electrons. The molecule has 0 atom stereocenters. The smallest absolute Gasteiger partial charge is 0.493 e. The van der Waals surface area contributed by atoms with Crippen LogP contribution < -0.4 is 9.47 Å². The molecule has 0 aliphatic heterocycles. The lowest BCUT2D eigenvalue weighted by molar-refractivity contribution is -0.325. The molecule has 1 rings (SSSR count). The monoisotopic (exact) mass is 294 g/mol. The molecule has 0 spiro atoms. The first-order chi connectivity index (χ1) is 9.39. The van der Waals surface area contributed by atoms with Gasteiger partial charge in [-0.2, -0.15) is 0 Å². The van der Waals surface area contributed by atoms with Crippen LogP contribution in [-0.2, 0) is 9.47 Å². The van der Waals surface area contributed by atoms with E-state index < -0.39 is 25.5 Å². The molecule has 0 unspecified atom stereocenters. The second kappa shape index (κ2) is 6.99. The van der Waals surface area contributed by atoms with E-state index >= 15 is 0 Å². The van der Waals surface area contributed by atoms with Crippen molar-refractivity contribution in [1.29, 1.82) is 0 Å². The summed E-state index contributed by atoms with van der Waals surface area (Å²) in [5.41, 5.74) is 0.0545. The second-order valence-corrected chi connectivity index (χ2v) is 3.47. The SMILES string of the molecule is COC(=O)c1cccc(OC)c1OCCOC(F)(F)F. The predicted molar refractivity (Wildman–Crippen MR) is 61.8 cm³/mol. The van der Waals surface area contributed by atoms with E-state index in [9.17, 15) is 18.0 Å². The number of benzene rings is 1. The zero-order valence-electron chi connectivity index (χ0n) is 10.8. The van der Waals surface area contributed by atoms with Crippen LogP contribution in [0.5, 0.6) is 11.5 Å². The molecule has 1 aromatic carbocycles. The molecule has 20 heavy (non-hydrogen) atoms. The Bertz CT molecular complexity index is 459. The first-order valence-corrected chi connectivity index (χ1v) is 5.48. The van der Waals surface area contributed by atoms with Crippen molar-refractivity contribution in [3.8, 4) is 11.5 Å². The van der Waals surface area contributed by atoms with Crippen molar-refractivity contribution >= 4 is 5.97 Å². The van der Waals surface area contributed by atoms with Gasteiger partial charge in [0.25, 0.3) is 0 Å². The summed E-state index contributed by atoms with van der Waals surface area (Å²) in [5.74, 6) is -0.469. The van der Waals surface area contributed by atoms with Crippen LogP contribution >= 0.6 is 0 Å². The van der Waals surface area contributed by atoms with Crippen molar-refractivity contribution < 1.29 is 36.9 Å². The van der Waals surface area contributed by atoms with Crippen molar-refractivity contribution in [1.82, 2.24) is 0 Å². The molecule has 1 aromatic rings. The molecule has 0 bridgehead atoms. The Labute approximate surface area is 113 Å². The van der Waals surface area contributed by atoms with Crippen LogP contribution in [0.3, 0.4) is 0 Å². The lowest BCUT2D eigenvalue weighted by Gasteiger charge is -2.14. The topological polar surface area (TPSA) is 54.0 Å². The van der Waals surface area contributed by atoms with Crippen molar-refractivity contribution in [2.45, 2.75) is 6.36 Å². The fraction of sp³-hybridized carbons (Fsp3) is 0.417. The molecule has 0 heterocycles. The van der Waals surface area contributed by atoms with Gasteiger partial charge in [0.05, 0.1) is 20.8 Å². The molecular formula is C12H13F3O5. The first-order valence-electron chi connectivity index (χ1n) is 5.48. The summed E-state index contributed by atoms with van der Waals surface area (Å²) in [6.07, 6.45) is -4.73. The lowest BCUT2D eigenvalue weighted by atomic mass is 10.2. The van der Waals surface area contributed by atoms with Gasteiger partial charge in [0.1, 0.15) is 12.2 Å². The highest BCUT2D eigenvalue weighted by molar-refractivity contribution is 5.93. The maximum absolute atomic E-state index is 11.8. The standard InChI is InChI=1S/C12H13F3O5/c1-17-9-5-3-4-8(11(16)18-2)10(9)19-6-7-20-12(13,14)15/h3-5H,6-7H2,1-2H3. The van der Waals surface area contributed by atoms with Crippen molar-refractivity contribution in [3.63, 3.8) is 0 Å². The number of hydrogen-bond donors (Lipinski definition) is 0. The number of halogens is 3. The van der Waals surface area contributed by atoms with Crippen LogP contribution in [0.1, 0.15) is 10.4 Å². The Morgan fingerprint density at radius 2 is 1.90 bits per heavy atom. The van der Waals surface area contributed by atoms with E-state index in [2.05, 4.69) is 9.47 Å². The molecule has 0 aliphatic carbocycles. The molecule has 0 aromatic heterocycles. The summed E-state index contributed by atoms with van der Waals surface area (Å²) >= 11 is 0. The number of rotatable bonds is 6. The van der Waals surface area contributed by atoms with Crippen LogP contribution in [0, 0.1) is 0 Å². The van der Waals surface area contributed by atoms with Gasteiger partial charge in [0, 0.05) is 0 Å². The van der Waals surface area contributed by atoms with Crippen LogP contribution in [-0.4, -0.2) is 39.8 Å². The fourth-order valence-corrected chi connectivity index (χ4v) is 1.40. The third kappa shape index (κ3) is 4.61. The highest BCUT2D eigenvalue weighted by Gasteiger charge is 2.29. The minimum absolute atomic E-state index is 0.00706. The Kier molecular flexibility index (Phi) is 5.63. The minimum atomic E-state index is -4.73. The summed E-state index contributed by atoms with van der Waals surface area (Å²) < 4.78 is 53.7. The van der Waals surface area contributed by atoms with Gasteiger partial charge in [0.2, 0.25) is 0 Å². The lowest BCUT2D eigenvalue weighted by Crippen LogP contribution is -2.19. The van der Waals surface area contributed by atoms with Crippen molar-refractivity contribution in [2.75, 3.05) is 27.4 Å². The third-order valence-corrected chi connectivity index (χ3v) is 2.20. The number of para-hydroxylation sites is 1. The van der Waals surface area contributed by atoms with Gasteiger partial charge in [-0.05, 0) is 12.1 Å². The molecular weight excluding hydrogens is 281 g/mol. The zero-order valence-corrected chi connectivity index (χ0v) is 10.8. The molecule has 0 fully saturated rings. The average molecular weight is 294 g/mol. The van der Waals surface area contributed by atoms with Crippen molar-refractivity contribution in [3.05, 3.63) is 23.8 Å². The van der Waals surface area contributed by atoms with E-state index in [1.54, 1.807) is 0 Å². The number of hydrogen-bond acceptors (Lipinski definition) is 5. The Hall–Kier alpha value is -1.96. The highest BCUT2D eigenvalue weighted by atomic mass is 19.4. The second-order valence-electron chi connectivity index (χ2n) is 3.47. The average Bonchev–Trinajstić information content (AvgIpc) is 2.41. The molecule has 5 nitrogen and oxygen atoms in total. The Morgan fingerprint density at radius 1 is 1.20 bits per heavy atom. The summed E-state index contributed by atoms with van der Waals surface area (Å²) in [7, 11) is 2.52. The molecule has 0 saturated heterocycles. The van der Waals surface area contributed by atoms with Gasteiger partial charge >= 0.3 is 12.3 Å². The molecule has 112 valence electrons. The van der Waals surface area contributed by atoms with E-state index in [0.717, 1.165) is 0 Å². The van der Waals surface area contributed by atoms with E-state index in [0.29, 0.717) is 0 Å². The third-order valence-electron chi connectivity index (χ3n) is 2.20. The van der Waals surface area contributed by atoms with E-state index in [4.69, 9.17) is 9.47 Å². The largest absolute Gasteiger partial charge is 0.522 e. The van der Waals surface area contributed by atoms with Gasteiger partial charge in [-0.15, -0.1) is 13.2 Å². The quantitative estimate of drug-likeness (QED) is 0.595. The van der Waals surface area contributed by atoms with Gasteiger partial charge < -0.3 is 14.2 Å². The zero-order chi connectivity index (χ0) is 15.2. The Balaban J connectivity index is 2.78.